The minimum atomic E-state index is -0.281. The van der Waals surface area contributed by atoms with Crippen molar-refractivity contribution in [3.05, 3.63) is 54.0 Å². The zero-order valence-corrected chi connectivity index (χ0v) is 14.0. The maximum absolute atomic E-state index is 13.8. The number of aromatic nitrogens is 2. The van der Waals surface area contributed by atoms with Gasteiger partial charge < -0.3 is 15.2 Å². The molecular formula is C17H16FN3O2S. The van der Waals surface area contributed by atoms with Crippen LogP contribution in [0.1, 0.15) is 18.5 Å². The molecule has 0 spiro atoms. The van der Waals surface area contributed by atoms with Gasteiger partial charge in [-0.25, -0.2) is 9.37 Å². The Morgan fingerprint density at radius 3 is 2.83 bits per heavy atom. The number of hydrogen-bond donors (Lipinski definition) is 2. The first kappa shape index (κ1) is 16.2. The summed E-state index contributed by atoms with van der Waals surface area (Å²) >= 11 is 1.28. The van der Waals surface area contributed by atoms with Gasteiger partial charge in [-0.3, -0.25) is 0 Å². The van der Waals surface area contributed by atoms with Crippen LogP contribution in [-0.2, 0) is 0 Å². The molecule has 0 fully saturated rings. The van der Waals surface area contributed by atoms with Gasteiger partial charge in [-0.2, -0.15) is 4.98 Å². The van der Waals surface area contributed by atoms with Crippen LogP contribution in [0.2, 0.25) is 0 Å². The molecular weight excluding hydrogens is 329 g/mol. The van der Waals surface area contributed by atoms with Crippen molar-refractivity contribution in [3.8, 4) is 22.2 Å². The lowest BCUT2D eigenvalue weighted by Gasteiger charge is -2.13. The lowest BCUT2D eigenvalue weighted by Crippen LogP contribution is -2.08. The molecule has 0 aliphatic carbocycles. The molecule has 1 aromatic carbocycles. The number of halogens is 1. The number of benzene rings is 1. The SMILES string of the molecule is COc1cc(-c2sc(N[C@@H](C)c3ccccc3F)nc2O)ccn1. The fourth-order valence-electron chi connectivity index (χ4n) is 2.31. The van der Waals surface area contributed by atoms with E-state index >= 15 is 0 Å². The van der Waals surface area contributed by atoms with Gasteiger partial charge in [-0.05, 0) is 19.1 Å². The highest BCUT2D eigenvalue weighted by Gasteiger charge is 2.16. The molecule has 0 saturated heterocycles. The first-order chi connectivity index (χ1) is 11.6. The summed E-state index contributed by atoms with van der Waals surface area (Å²) in [5.41, 5.74) is 1.29. The second-order valence-corrected chi connectivity index (χ2v) is 6.15. The molecule has 0 aliphatic rings. The van der Waals surface area contributed by atoms with Crippen LogP contribution in [-0.4, -0.2) is 22.2 Å². The number of methoxy groups -OCH3 is 1. The Morgan fingerprint density at radius 1 is 1.29 bits per heavy atom. The molecule has 2 N–H and O–H groups in total. The average Bonchev–Trinajstić information content (AvgIpc) is 2.95. The monoisotopic (exact) mass is 345 g/mol. The molecule has 0 bridgehead atoms. The van der Waals surface area contributed by atoms with Gasteiger partial charge in [0, 0.05) is 23.4 Å². The highest BCUT2D eigenvalue weighted by molar-refractivity contribution is 7.19. The topological polar surface area (TPSA) is 67.3 Å². The van der Waals surface area contributed by atoms with E-state index < -0.39 is 0 Å². The second-order valence-electron chi connectivity index (χ2n) is 5.15. The number of hydrogen-bond acceptors (Lipinski definition) is 6. The Hall–Kier alpha value is -2.67. The molecule has 1 atom stereocenters. The average molecular weight is 345 g/mol. The van der Waals surface area contributed by atoms with E-state index in [4.69, 9.17) is 4.74 Å². The van der Waals surface area contributed by atoms with Gasteiger partial charge in [0.25, 0.3) is 0 Å². The quantitative estimate of drug-likeness (QED) is 0.724. The highest BCUT2D eigenvalue weighted by atomic mass is 32.1. The van der Waals surface area contributed by atoms with Gasteiger partial charge in [-0.15, -0.1) is 0 Å². The molecule has 0 aliphatic heterocycles. The Labute approximate surface area is 142 Å². The molecule has 0 saturated carbocycles. The van der Waals surface area contributed by atoms with E-state index in [0.29, 0.717) is 21.5 Å². The molecule has 5 nitrogen and oxygen atoms in total. The van der Waals surface area contributed by atoms with E-state index in [2.05, 4.69) is 15.3 Å². The van der Waals surface area contributed by atoms with Crippen LogP contribution in [0.3, 0.4) is 0 Å². The molecule has 3 rings (SSSR count). The molecule has 3 aromatic rings. The van der Waals surface area contributed by atoms with Crippen LogP contribution in [0.4, 0.5) is 9.52 Å². The zero-order valence-electron chi connectivity index (χ0n) is 13.2. The number of rotatable bonds is 5. The summed E-state index contributed by atoms with van der Waals surface area (Å²) in [6.07, 6.45) is 1.60. The van der Waals surface area contributed by atoms with Crippen molar-refractivity contribution < 1.29 is 14.2 Å². The molecule has 0 radical (unpaired) electrons. The van der Waals surface area contributed by atoms with E-state index in [1.54, 1.807) is 36.5 Å². The van der Waals surface area contributed by atoms with Crippen molar-refractivity contribution in [1.82, 2.24) is 9.97 Å². The number of ether oxygens (including phenoxy) is 1. The molecule has 2 heterocycles. The first-order valence-corrected chi connectivity index (χ1v) is 8.11. The molecule has 0 unspecified atom stereocenters. The number of aromatic hydroxyl groups is 1. The van der Waals surface area contributed by atoms with Crippen molar-refractivity contribution >= 4 is 16.5 Å². The number of anilines is 1. The largest absolute Gasteiger partial charge is 0.492 e. The van der Waals surface area contributed by atoms with Gasteiger partial charge in [0.15, 0.2) is 5.13 Å². The molecule has 0 amide bonds. The summed E-state index contributed by atoms with van der Waals surface area (Å²) < 4.78 is 18.9. The first-order valence-electron chi connectivity index (χ1n) is 7.29. The van der Waals surface area contributed by atoms with Gasteiger partial charge in [0.2, 0.25) is 11.8 Å². The predicted octanol–water partition coefficient (Wildman–Crippen LogP) is 4.23. The van der Waals surface area contributed by atoms with Crippen LogP contribution in [0.5, 0.6) is 11.8 Å². The van der Waals surface area contributed by atoms with Gasteiger partial charge in [-0.1, -0.05) is 29.5 Å². The second kappa shape index (κ2) is 6.84. The van der Waals surface area contributed by atoms with E-state index in [9.17, 15) is 9.50 Å². The number of pyridine rings is 1. The summed E-state index contributed by atoms with van der Waals surface area (Å²) in [5.74, 6) is 0.0865. The lowest BCUT2D eigenvalue weighted by atomic mass is 10.1. The van der Waals surface area contributed by atoms with Crippen molar-refractivity contribution in [2.75, 3.05) is 12.4 Å². The number of thiazole rings is 1. The summed E-state index contributed by atoms with van der Waals surface area (Å²) in [6, 6.07) is 9.77. The Balaban J connectivity index is 1.85. The standard InChI is InChI=1S/C17H16FN3O2S/c1-10(12-5-3-4-6-13(12)18)20-17-21-16(22)15(24-17)11-7-8-19-14(9-11)23-2/h3-10,22H,1-2H3,(H,20,21)/t10-/m0/s1. The van der Waals surface area contributed by atoms with Gasteiger partial charge >= 0.3 is 0 Å². The highest BCUT2D eigenvalue weighted by Crippen LogP contribution is 2.39. The third-order valence-electron chi connectivity index (χ3n) is 3.53. The predicted molar refractivity (Wildman–Crippen MR) is 92.0 cm³/mol. The van der Waals surface area contributed by atoms with Crippen LogP contribution < -0.4 is 10.1 Å². The Bertz CT molecular complexity index is 853. The maximum atomic E-state index is 13.8. The lowest BCUT2D eigenvalue weighted by molar-refractivity contribution is 0.398. The summed E-state index contributed by atoms with van der Waals surface area (Å²) in [4.78, 5) is 8.75. The third-order valence-corrected chi connectivity index (χ3v) is 4.55. The zero-order chi connectivity index (χ0) is 17.1. The molecule has 124 valence electrons. The van der Waals surface area contributed by atoms with Crippen molar-refractivity contribution in [2.45, 2.75) is 13.0 Å². The molecule has 7 heteroatoms. The number of nitrogens with zero attached hydrogens (tertiary/aromatic N) is 2. The van der Waals surface area contributed by atoms with Crippen molar-refractivity contribution in [2.24, 2.45) is 0 Å². The summed E-state index contributed by atoms with van der Waals surface area (Å²) in [7, 11) is 1.53. The normalized spacial score (nSPS) is 12.0. The van der Waals surface area contributed by atoms with Crippen LogP contribution in [0.15, 0.2) is 42.6 Å². The fourth-order valence-corrected chi connectivity index (χ4v) is 3.26. The third kappa shape index (κ3) is 3.30. The summed E-state index contributed by atoms with van der Waals surface area (Å²) in [6.45, 7) is 1.84. The maximum Gasteiger partial charge on any atom is 0.232 e. The van der Waals surface area contributed by atoms with E-state index in [1.807, 2.05) is 6.92 Å². The Kier molecular flexibility index (Phi) is 4.61. The van der Waals surface area contributed by atoms with Crippen LogP contribution in [0, 0.1) is 5.82 Å². The minimum absolute atomic E-state index is 0.0866. The van der Waals surface area contributed by atoms with Crippen molar-refractivity contribution in [3.63, 3.8) is 0 Å². The van der Waals surface area contributed by atoms with Crippen LogP contribution >= 0.6 is 11.3 Å². The van der Waals surface area contributed by atoms with E-state index in [-0.39, 0.29) is 17.7 Å². The number of nitrogens with one attached hydrogen (secondary N) is 1. The van der Waals surface area contributed by atoms with Crippen LogP contribution in [0.25, 0.3) is 10.4 Å². The smallest absolute Gasteiger partial charge is 0.232 e. The van der Waals surface area contributed by atoms with E-state index in [1.165, 1.54) is 24.5 Å². The van der Waals surface area contributed by atoms with Crippen molar-refractivity contribution in [1.29, 1.82) is 0 Å². The van der Waals surface area contributed by atoms with Gasteiger partial charge in [0.1, 0.15) is 10.7 Å². The molecule has 24 heavy (non-hydrogen) atoms. The molecule has 2 aromatic heterocycles. The van der Waals surface area contributed by atoms with Gasteiger partial charge in [0.05, 0.1) is 13.2 Å². The Morgan fingerprint density at radius 2 is 2.08 bits per heavy atom. The minimum Gasteiger partial charge on any atom is -0.492 e. The summed E-state index contributed by atoms with van der Waals surface area (Å²) in [5, 5.41) is 13.7. The van der Waals surface area contributed by atoms with E-state index in [0.717, 1.165) is 5.56 Å². The fraction of sp³-hybridized carbons (Fsp3) is 0.176.